The minimum atomic E-state index is 0.245. The summed E-state index contributed by atoms with van der Waals surface area (Å²) in [5.41, 5.74) is 2.86. The van der Waals surface area contributed by atoms with Crippen LogP contribution < -0.4 is 0 Å². The molecule has 26 heavy (non-hydrogen) atoms. The predicted octanol–water partition coefficient (Wildman–Crippen LogP) is 4.13. The van der Waals surface area contributed by atoms with Gasteiger partial charge in [-0.2, -0.15) is 5.10 Å². The van der Waals surface area contributed by atoms with Gasteiger partial charge in [0.15, 0.2) is 0 Å². The van der Waals surface area contributed by atoms with E-state index in [1.165, 1.54) is 24.1 Å². The van der Waals surface area contributed by atoms with Gasteiger partial charge in [0, 0.05) is 43.9 Å². The van der Waals surface area contributed by atoms with Gasteiger partial charge in [0.2, 0.25) is 0 Å². The van der Waals surface area contributed by atoms with Crippen molar-refractivity contribution < 1.29 is 4.74 Å². The van der Waals surface area contributed by atoms with Crippen LogP contribution in [0.25, 0.3) is 0 Å². The molecule has 0 spiro atoms. The topological polar surface area (TPSA) is 44.4 Å². The highest BCUT2D eigenvalue weighted by Gasteiger charge is 2.19. The van der Waals surface area contributed by atoms with Crippen molar-refractivity contribution in [2.75, 3.05) is 47.4 Å². The first-order valence-electron chi connectivity index (χ1n) is 10.2. The molecule has 0 aromatic carbocycles. The minimum absolute atomic E-state index is 0.245. The van der Waals surface area contributed by atoms with E-state index in [9.17, 15) is 0 Å². The molecule has 0 unspecified atom stereocenters. The monoisotopic (exact) mass is 366 g/mol. The van der Waals surface area contributed by atoms with Gasteiger partial charge in [-0.3, -0.25) is 5.10 Å². The Bertz CT molecular complexity index is 479. The van der Waals surface area contributed by atoms with Crippen LogP contribution in [-0.4, -0.2) is 67.4 Å². The smallest absolute Gasteiger partial charge is 0.0697 e. The lowest BCUT2D eigenvalue weighted by Gasteiger charge is -2.21. The third kappa shape index (κ3) is 9.70. The Morgan fingerprint density at radius 1 is 1.15 bits per heavy atom. The number of H-pyrrole nitrogens is 1. The lowest BCUT2D eigenvalue weighted by Crippen LogP contribution is -2.28. The summed E-state index contributed by atoms with van der Waals surface area (Å²) in [5.74, 6) is 0.529. The van der Waals surface area contributed by atoms with Crippen molar-refractivity contribution in [2.24, 2.45) is 5.41 Å². The molecule has 0 amide bonds. The standard InChI is InChI=1S/C21H42N4O/c1-8-10-18(11-9-14-26-17-21(2,3)4)20-19(15-22-23-20)16-25(7)13-12-24(5)6/h15,18H,8-14,16-17H2,1-7H3,(H,22,23)/t18-/m1/s1. The number of ether oxygens (including phenoxy) is 1. The molecule has 5 nitrogen and oxygen atoms in total. The summed E-state index contributed by atoms with van der Waals surface area (Å²) in [6.07, 6.45) is 6.72. The van der Waals surface area contributed by atoms with Crippen LogP contribution in [0.1, 0.15) is 70.6 Å². The van der Waals surface area contributed by atoms with Crippen molar-refractivity contribution in [3.63, 3.8) is 0 Å². The average molecular weight is 367 g/mol. The van der Waals surface area contributed by atoms with E-state index in [-0.39, 0.29) is 5.41 Å². The van der Waals surface area contributed by atoms with E-state index >= 15 is 0 Å². The summed E-state index contributed by atoms with van der Waals surface area (Å²) in [6, 6.07) is 0. The van der Waals surface area contributed by atoms with E-state index in [0.29, 0.717) is 5.92 Å². The maximum Gasteiger partial charge on any atom is 0.0697 e. The molecule has 0 aliphatic heterocycles. The van der Waals surface area contributed by atoms with Gasteiger partial charge in [-0.1, -0.05) is 34.1 Å². The first-order chi connectivity index (χ1) is 12.2. The minimum Gasteiger partial charge on any atom is -0.381 e. The number of hydrogen-bond donors (Lipinski definition) is 1. The number of rotatable bonds is 13. The van der Waals surface area contributed by atoms with Gasteiger partial charge < -0.3 is 14.5 Å². The van der Waals surface area contributed by atoms with Crippen LogP contribution in [-0.2, 0) is 11.3 Å². The molecule has 0 saturated heterocycles. The van der Waals surface area contributed by atoms with Gasteiger partial charge in [-0.25, -0.2) is 0 Å². The van der Waals surface area contributed by atoms with Gasteiger partial charge in [0.05, 0.1) is 12.3 Å². The SMILES string of the molecule is CCC[C@H](CCCOCC(C)(C)C)c1n[nH]cc1CN(C)CCN(C)C. The molecule has 5 heteroatoms. The van der Waals surface area contributed by atoms with Crippen molar-refractivity contribution in [3.8, 4) is 0 Å². The van der Waals surface area contributed by atoms with Crippen molar-refractivity contribution >= 4 is 0 Å². The Morgan fingerprint density at radius 3 is 2.50 bits per heavy atom. The first kappa shape index (κ1) is 23.1. The third-order valence-corrected chi connectivity index (χ3v) is 4.52. The Balaban J connectivity index is 2.54. The van der Waals surface area contributed by atoms with Gasteiger partial charge in [-0.05, 0) is 45.8 Å². The number of nitrogens with zero attached hydrogens (tertiary/aromatic N) is 3. The highest BCUT2D eigenvalue weighted by atomic mass is 16.5. The van der Waals surface area contributed by atoms with Gasteiger partial charge in [0.25, 0.3) is 0 Å². The fourth-order valence-corrected chi connectivity index (χ4v) is 3.12. The number of aromatic nitrogens is 2. The molecule has 0 aliphatic rings. The van der Waals surface area contributed by atoms with Gasteiger partial charge >= 0.3 is 0 Å². The lowest BCUT2D eigenvalue weighted by atomic mass is 9.92. The second kappa shape index (κ2) is 11.7. The molecule has 0 fully saturated rings. The summed E-state index contributed by atoms with van der Waals surface area (Å²) in [7, 11) is 6.43. The van der Waals surface area contributed by atoms with Crippen molar-refractivity contribution in [3.05, 3.63) is 17.5 Å². The summed E-state index contributed by atoms with van der Waals surface area (Å²) in [5, 5.41) is 7.73. The Kier molecular flexibility index (Phi) is 10.4. The molecule has 0 saturated carbocycles. The fourth-order valence-electron chi connectivity index (χ4n) is 3.12. The average Bonchev–Trinajstić information content (AvgIpc) is 2.98. The van der Waals surface area contributed by atoms with E-state index in [4.69, 9.17) is 4.74 Å². The molecule has 152 valence electrons. The van der Waals surface area contributed by atoms with Crippen LogP contribution in [0.2, 0.25) is 0 Å². The van der Waals surface area contributed by atoms with Gasteiger partial charge in [-0.15, -0.1) is 0 Å². The molecular weight excluding hydrogens is 324 g/mol. The maximum atomic E-state index is 5.85. The molecule has 0 bridgehead atoms. The number of aromatic amines is 1. The molecule has 1 atom stereocenters. The molecule has 1 N–H and O–H groups in total. The van der Waals surface area contributed by atoms with Crippen LogP contribution in [0.5, 0.6) is 0 Å². The third-order valence-electron chi connectivity index (χ3n) is 4.52. The van der Waals surface area contributed by atoms with Crippen LogP contribution in [0.4, 0.5) is 0 Å². The zero-order valence-electron chi connectivity index (χ0n) is 18.3. The quantitative estimate of drug-likeness (QED) is 0.533. The number of likely N-dealkylation sites (N-methyl/N-ethyl adjacent to an activating group) is 2. The van der Waals surface area contributed by atoms with Crippen LogP contribution in [0.3, 0.4) is 0 Å². The zero-order chi connectivity index (χ0) is 19.6. The van der Waals surface area contributed by atoms with Gasteiger partial charge in [0.1, 0.15) is 0 Å². The fraction of sp³-hybridized carbons (Fsp3) is 0.857. The molecule has 1 aromatic rings. The summed E-state index contributed by atoms with van der Waals surface area (Å²) >= 11 is 0. The van der Waals surface area contributed by atoms with E-state index < -0.39 is 0 Å². The largest absolute Gasteiger partial charge is 0.381 e. The highest BCUT2D eigenvalue weighted by Crippen LogP contribution is 2.28. The highest BCUT2D eigenvalue weighted by molar-refractivity contribution is 5.20. The Labute approximate surface area is 161 Å². The Morgan fingerprint density at radius 2 is 1.88 bits per heavy atom. The van der Waals surface area contributed by atoms with Crippen molar-refractivity contribution in [1.82, 2.24) is 20.0 Å². The first-order valence-corrected chi connectivity index (χ1v) is 10.2. The van der Waals surface area contributed by atoms with Crippen LogP contribution >= 0.6 is 0 Å². The zero-order valence-corrected chi connectivity index (χ0v) is 18.3. The normalized spacial score (nSPS) is 13.7. The lowest BCUT2D eigenvalue weighted by molar-refractivity contribution is 0.0679. The molecular formula is C21H42N4O. The van der Waals surface area contributed by atoms with E-state index in [1.807, 2.05) is 0 Å². The summed E-state index contributed by atoms with van der Waals surface area (Å²) in [6.45, 7) is 13.7. The Hall–Kier alpha value is -0.910. The molecule has 1 rings (SSSR count). The molecule has 1 heterocycles. The second-order valence-electron chi connectivity index (χ2n) is 9.08. The number of hydrogen-bond acceptors (Lipinski definition) is 4. The van der Waals surface area contributed by atoms with Crippen molar-refractivity contribution in [1.29, 1.82) is 0 Å². The van der Waals surface area contributed by atoms with Crippen LogP contribution in [0.15, 0.2) is 6.20 Å². The second-order valence-corrected chi connectivity index (χ2v) is 9.08. The molecule has 0 radical (unpaired) electrons. The summed E-state index contributed by atoms with van der Waals surface area (Å²) < 4.78 is 5.85. The van der Waals surface area contributed by atoms with E-state index in [2.05, 4.69) is 75.0 Å². The molecule has 0 aliphatic carbocycles. The summed E-state index contributed by atoms with van der Waals surface area (Å²) in [4.78, 5) is 4.61. The van der Waals surface area contributed by atoms with Crippen molar-refractivity contribution in [2.45, 2.75) is 65.8 Å². The molecule has 1 aromatic heterocycles. The number of nitrogens with one attached hydrogen (secondary N) is 1. The van der Waals surface area contributed by atoms with E-state index in [1.54, 1.807) is 0 Å². The predicted molar refractivity (Wildman–Crippen MR) is 111 cm³/mol. The maximum absolute atomic E-state index is 5.85. The van der Waals surface area contributed by atoms with Crippen LogP contribution in [0, 0.1) is 5.41 Å². The van der Waals surface area contributed by atoms with E-state index in [0.717, 1.165) is 45.7 Å².